The number of hydrogen-bond acceptors (Lipinski definition) is 6. The number of esters is 1. The van der Waals surface area contributed by atoms with E-state index in [2.05, 4.69) is 5.32 Å². The van der Waals surface area contributed by atoms with Crippen molar-refractivity contribution in [2.24, 2.45) is 5.92 Å². The van der Waals surface area contributed by atoms with Crippen LogP contribution in [0.1, 0.15) is 30.6 Å². The lowest BCUT2D eigenvalue weighted by Gasteiger charge is -2.17. The number of ketones is 1. The SMILES string of the molecule is CCOc1ccc(N2C[C@@H](C(=O)OCC(=O)Nc3ccc(C(C)=O)cc3)CC2=O)cc1. The molecular formula is C23H24N2O6. The molecule has 1 aliphatic rings. The first-order valence-electron chi connectivity index (χ1n) is 9.98. The van der Waals surface area contributed by atoms with Crippen LogP contribution in [0.4, 0.5) is 11.4 Å². The number of nitrogens with one attached hydrogen (secondary N) is 1. The van der Waals surface area contributed by atoms with Crippen molar-refractivity contribution in [2.75, 3.05) is 30.0 Å². The Balaban J connectivity index is 1.49. The van der Waals surface area contributed by atoms with Gasteiger partial charge >= 0.3 is 5.97 Å². The second-order valence-electron chi connectivity index (χ2n) is 7.12. The number of carbonyl (C=O) groups excluding carboxylic acids is 4. The summed E-state index contributed by atoms with van der Waals surface area (Å²) in [6.07, 6.45) is 0.0279. The molecule has 0 radical (unpaired) electrons. The Bertz CT molecular complexity index is 969. The summed E-state index contributed by atoms with van der Waals surface area (Å²) in [5.74, 6) is -1.28. The Morgan fingerprint density at radius 2 is 1.74 bits per heavy atom. The molecule has 1 aliphatic heterocycles. The fourth-order valence-corrected chi connectivity index (χ4v) is 3.24. The number of ether oxygens (including phenoxy) is 2. The fourth-order valence-electron chi connectivity index (χ4n) is 3.24. The Hall–Kier alpha value is -3.68. The molecule has 2 aromatic rings. The van der Waals surface area contributed by atoms with Crippen molar-refractivity contribution in [3.8, 4) is 5.75 Å². The van der Waals surface area contributed by atoms with Crippen LogP contribution in [0.2, 0.25) is 0 Å². The molecule has 0 saturated carbocycles. The van der Waals surface area contributed by atoms with Crippen molar-refractivity contribution in [3.05, 3.63) is 54.1 Å². The Morgan fingerprint density at radius 1 is 1.06 bits per heavy atom. The van der Waals surface area contributed by atoms with E-state index >= 15 is 0 Å². The second kappa shape index (κ2) is 9.88. The molecule has 0 bridgehead atoms. The minimum absolute atomic E-state index is 0.0279. The lowest BCUT2D eigenvalue weighted by Crippen LogP contribution is -2.28. The van der Waals surface area contributed by atoms with Crippen LogP contribution in [-0.2, 0) is 19.1 Å². The Morgan fingerprint density at radius 3 is 2.35 bits per heavy atom. The monoisotopic (exact) mass is 424 g/mol. The zero-order valence-corrected chi connectivity index (χ0v) is 17.4. The molecule has 0 unspecified atom stereocenters. The molecule has 1 heterocycles. The van der Waals surface area contributed by atoms with Crippen molar-refractivity contribution in [1.82, 2.24) is 0 Å². The summed E-state index contributed by atoms with van der Waals surface area (Å²) in [6.45, 7) is 3.63. The Kier molecular flexibility index (Phi) is 7.02. The van der Waals surface area contributed by atoms with Crippen LogP contribution in [0.15, 0.2) is 48.5 Å². The predicted molar refractivity (Wildman–Crippen MR) is 114 cm³/mol. The maximum Gasteiger partial charge on any atom is 0.311 e. The van der Waals surface area contributed by atoms with Gasteiger partial charge in [-0.3, -0.25) is 19.2 Å². The van der Waals surface area contributed by atoms with Gasteiger partial charge in [0.1, 0.15) is 5.75 Å². The first kappa shape index (κ1) is 22.0. The summed E-state index contributed by atoms with van der Waals surface area (Å²) in [6, 6.07) is 13.5. The van der Waals surface area contributed by atoms with Crippen LogP contribution in [-0.4, -0.2) is 43.3 Å². The largest absolute Gasteiger partial charge is 0.494 e. The molecule has 162 valence electrons. The molecule has 0 spiro atoms. The molecule has 8 nitrogen and oxygen atoms in total. The topological polar surface area (TPSA) is 102 Å². The van der Waals surface area contributed by atoms with Crippen LogP contribution in [0.25, 0.3) is 0 Å². The third kappa shape index (κ3) is 5.69. The zero-order valence-electron chi connectivity index (χ0n) is 17.4. The lowest BCUT2D eigenvalue weighted by atomic mass is 10.1. The highest BCUT2D eigenvalue weighted by atomic mass is 16.5. The quantitative estimate of drug-likeness (QED) is 0.516. The number of hydrogen-bond donors (Lipinski definition) is 1. The predicted octanol–water partition coefficient (Wildman–Crippen LogP) is 2.82. The summed E-state index contributed by atoms with van der Waals surface area (Å²) in [4.78, 5) is 49.5. The van der Waals surface area contributed by atoms with E-state index in [-0.39, 0.29) is 24.7 Å². The van der Waals surface area contributed by atoms with Crippen LogP contribution >= 0.6 is 0 Å². The van der Waals surface area contributed by atoms with Crippen LogP contribution in [0.3, 0.4) is 0 Å². The number of carbonyl (C=O) groups is 4. The number of Topliss-reactive ketones (excluding diaryl/α,β-unsaturated/α-hetero) is 1. The van der Waals surface area contributed by atoms with Crippen molar-refractivity contribution < 1.29 is 28.7 Å². The molecular weight excluding hydrogens is 400 g/mol. The summed E-state index contributed by atoms with van der Waals surface area (Å²) in [7, 11) is 0. The summed E-state index contributed by atoms with van der Waals surface area (Å²) in [5, 5.41) is 2.60. The van der Waals surface area contributed by atoms with E-state index in [9.17, 15) is 19.2 Å². The minimum Gasteiger partial charge on any atom is -0.494 e. The molecule has 1 fully saturated rings. The molecule has 2 aromatic carbocycles. The first-order valence-corrected chi connectivity index (χ1v) is 9.98. The molecule has 1 atom stereocenters. The minimum atomic E-state index is -0.637. The van der Waals surface area contributed by atoms with Gasteiger partial charge in [0.05, 0.1) is 12.5 Å². The normalized spacial score (nSPS) is 15.5. The summed E-state index contributed by atoms with van der Waals surface area (Å²) in [5.41, 5.74) is 1.70. The average molecular weight is 424 g/mol. The molecule has 1 N–H and O–H groups in total. The number of amides is 2. The van der Waals surface area contributed by atoms with Gasteiger partial charge in [-0.2, -0.15) is 0 Å². The average Bonchev–Trinajstić information content (AvgIpc) is 3.15. The zero-order chi connectivity index (χ0) is 22.4. The fraction of sp³-hybridized carbons (Fsp3) is 0.304. The van der Waals surface area contributed by atoms with E-state index in [1.165, 1.54) is 11.8 Å². The van der Waals surface area contributed by atoms with Crippen LogP contribution in [0.5, 0.6) is 5.75 Å². The molecule has 0 aliphatic carbocycles. The number of rotatable bonds is 8. The third-order valence-electron chi connectivity index (χ3n) is 4.84. The molecule has 1 saturated heterocycles. The van der Waals surface area contributed by atoms with E-state index in [0.717, 1.165) is 0 Å². The van der Waals surface area contributed by atoms with Gasteiger partial charge in [-0.1, -0.05) is 0 Å². The van der Waals surface area contributed by atoms with E-state index in [4.69, 9.17) is 9.47 Å². The lowest BCUT2D eigenvalue weighted by molar-refractivity contribution is -0.151. The highest BCUT2D eigenvalue weighted by molar-refractivity contribution is 6.00. The molecule has 8 heteroatoms. The second-order valence-corrected chi connectivity index (χ2v) is 7.12. The first-order chi connectivity index (χ1) is 14.9. The standard InChI is InChI=1S/C23H24N2O6/c1-3-30-20-10-8-19(9-11-20)25-13-17(12-22(25)28)23(29)31-14-21(27)24-18-6-4-16(5-7-18)15(2)26/h4-11,17H,3,12-14H2,1-2H3,(H,24,27)/t17-/m0/s1. The van der Waals surface area contributed by atoms with Crippen LogP contribution in [0, 0.1) is 5.92 Å². The van der Waals surface area contributed by atoms with Gasteiger partial charge in [0.25, 0.3) is 5.91 Å². The highest BCUT2D eigenvalue weighted by Crippen LogP contribution is 2.27. The van der Waals surface area contributed by atoms with Gasteiger partial charge in [-0.25, -0.2) is 0 Å². The van der Waals surface area contributed by atoms with Crippen molar-refractivity contribution in [1.29, 1.82) is 0 Å². The Labute approximate surface area is 180 Å². The van der Waals surface area contributed by atoms with Gasteiger partial charge in [-0.05, 0) is 62.4 Å². The van der Waals surface area contributed by atoms with Crippen molar-refractivity contribution in [3.63, 3.8) is 0 Å². The van der Waals surface area contributed by atoms with Crippen LogP contribution < -0.4 is 15.0 Å². The maximum absolute atomic E-state index is 12.3. The highest BCUT2D eigenvalue weighted by Gasteiger charge is 2.36. The van der Waals surface area contributed by atoms with E-state index in [1.54, 1.807) is 48.5 Å². The van der Waals surface area contributed by atoms with Gasteiger partial charge in [0, 0.05) is 29.9 Å². The van der Waals surface area contributed by atoms with Gasteiger partial charge in [0.15, 0.2) is 12.4 Å². The van der Waals surface area contributed by atoms with Crippen molar-refractivity contribution >= 4 is 34.9 Å². The van der Waals surface area contributed by atoms with Gasteiger partial charge in [0.2, 0.25) is 5.91 Å². The number of nitrogens with zero attached hydrogens (tertiary/aromatic N) is 1. The maximum atomic E-state index is 12.3. The third-order valence-corrected chi connectivity index (χ3v) is 4.84. The number of anilines is 2. The van der Waals surface area contributed by atoms with E-state index in [0.29, 0.717) is 29.3 Å². The van der Waals surface area contributed by atoms with Crippen molar-refractivity contribution in [2.45, 2.75) is 20.3 Å². The smallest absolute Gasteiger partial charge is 0.311 e. The molecule has 0 aromatic heterocycles. The summed E-state index contributed by atoms with van der Waals surface area (Å²) >= 11 is 0. The molecule has 3 rings (SSSR count). The van der Waals surface area contributed by atoms with E-state index in [1.807, 2.05) is 6.92 Å². The number of benzene rings is 2. The van der Waals surface area contributed by atoms with Gasteiger partial charge < -0.3 is 19.7 Å². The molecule has 2 amide bonds. The van der Waals surface area contributed by atoms with Gasteiger partial charge in [-0.15, -0.1) is 0 Å². The van der Waals surface area contributed by atoms with E-state index < -0.39 is 24.4 Å². The summed E-state index contributed by atoms with van der Waals surface area (Å²) < 4.78 is 10.5. The molecule has 31 heavy (non-hydrogen) atoms.